The summed E-state index contributed by atoms with van der Waals surface area (Å²) in [4.78, 5) is 36.3. The Bertz CT molecular complexity index is 860. The van der Waals surface area contributed by atoms with Gasteiger partial charge in [-0.3, -0.25) is 14.4 Å². The minimum absolute atomic E-state index is 0.166. The number of carbonyl (C=O) groups is 2. The number of Topliss-reactive ketones (excluding diaryl/α,β-unsaturated/α-hetero) is 1. The molecular weight excluding hydrogens is 419 g/mol. The number of aliphatic hydroxyl groups excluding tert-OH is 1. The zero-order valence-electron chi connectivity index (χ0n) is 20.5. The summed E-state index contributed by atoms with van der Waals surface area (Å²) in [6, 6.07) is 0.499. The van der Waals surface area contributed by atoms with Crippen molar-refractivity contribution in [3.05, 3.63) is 45.2 Å². The molecule has 0 aliphatic carbocycles. The Balaban J connectivity index is 0. The number of carbonyl (C=O) groups excluding carboxylic acids is 2. The molecular formula is C22H37FN4O5. The number of alkyl halides is 1. The van der Waals surface area contributed by atoms with Crippen molar-refractivity contribution in [3.63, 3.8) is 0 Å². The third-order valence-electron chi connectivity index (χ3n) is 4.26. The Morgan fingerprint density at radius 1 is 1.19 bits per heavy atom. The van der Waals surface area contributed by atoms with Crippen molar-refractivity contribution in [1.29, 1.82) is 0 Å². The van der Waals surface area contributed by atoms with Crippen LogP contribution in [0, 0.1) is 13.8 Å². The molecule has 2 heterocycles. The fraction of sp³-hybridized carbons (Fsp3) is 0.591. The summed E-state index contributed by atoms with van der Waals surface area (Å²) < 4.78 is 18.7. The lowest BCUT2D eigenvalue weighted by molar-refractivity contribution is -0.128. The van der Waals surface area contributed by atoms with E-state index in [1.807, 2.05) is 27.7 Å². The molecule has 2 unspecified atom stereocenters. The minimum atomic E-state index is -1.16. The summed E-state index contributed by atoms with van der Waals surface area (Å²) in [5.74, 6) is -1.50. The molecule has 0 saturated carbocycles. The fourth-order valence-corrected chi connectivity index (χ4v) is 2.46. The minimum Gasteiger partial charge on any atom is -0.400 e. The highest BCUT2D eigenvalue weighted by molar-refractivity contribution is 5.91. The molecule has 0 bridgehead atoms. The van der Waals surface area contributed by atoms with Crippen LogP contribution in [0.2, 0.25) is 0 Å². The van der Waals surface area contributed by atoms with E-state index in [0.29, 0.717) is 11.5 Å². The van der Waals surface area contributed by atoms with Crippen LogP contribution in [0.1, 0.15) is 70.0 Å². The summed E-state index contributed by atoms with van der Waals surface area (Å²) in [6.07, 6.45) is 1.43. The van der Waals surface area contributed by atoms with Crippen LogP contribution in [-0.4, -0.2) is 51.6 Å². The first-order chi connectivity index (χ1) is 15.3. The summed E-state index contributed by atoms with van der Waals surface area (Å²) in [5, 5.41) is 17.3. The molecule has 0 aliphatic heterocycles. The second-order valence-corrected chi connectivity index (χ2v) is 6.10. The number of nitrogens with zero attached hydrogens (tertiary/aromatic N) is 3. The highest BCUT2D eigenvalue weighted by Crippen LogP contribution is 2.14. The Labute approximate surface area is 189 Å². The van der Waals surface area contributed by atoms with Crippen molar-refractivity contribution in [3.8, 4) is 0 Å². The summed E-state index contributed by atoms with van der Waals surface area (Å²) in [7, 11) is 1.00. The average Bonchev–Trinajstić information content (AvgIpc) is 3.15. The monoisotopic (exact) mass is 456 g/mol. The first kappa shape index (κ1) is 31.3. The van der Waals surface area contributed by atoms with Crippen LogP contribution in [0.4, 0.5) is 4.39 Å². The number of hydrogen-bond acceptors (Lipinski definition) is 7. The topological polar surface area (TPSA) is 127 Å². The molecule has 10 heteroatoms. The normalized spacial score (nSPS) is 11.3. The second kappa shape index (κ2) is 16.8. The maximum Gasteiger partial charge on any atom is 0.271 e. The quantitative estimate of drug-likeness (QED) is 0.656. The van der Waals surface area contributed by atoms with Crippen molar-refractivity contribution >= 4 is 11.7 Å². The van der Waals surface area contributed by atoms with E-state index >= 15 is 0 Å². The highest BCUT2D eigenvalue weighted by atomic mass is 19.1. The third-order valence-corrected chi connectivity index (χ3v) is 4.26. The predicted octanol–water partition coefficient (Wildman–Crippen LogP) is 2.70. The first-order valence-electron chi connectivity index (χ1n) is 10.6. The standard InChI is InChI=1S/C17H21FN4O4.2C2H6.CH4O/c1-9(16(24)20-11(3)15(23)7-18)13-5-6-19-22(17(13)25)8-14-10(2)21-26-12(14)4;3*1-2/h5-6,9,11H,7-8H2,1-4H3,(H,20,24);2*1-2H3;2H,1H3. The van der Waals surface area contributed by atoms with E-state index in [4.69, 9.17) is 9.63 Å². The van der Waals surface area contributed by atoms with Gasteiger partial charge in [-0.2, -0.15) is 5.10 Å². The van der Waals surface area contributed by atoms with Crippen LogP contribution in [-0.2, 0) is 16.1 Å². The van der Waals surface area contributed by atoms with E-state index in [-0.39, 0.29) is 12.1 Å². The Morgan fingerprint density at radius 2 is 1.75 bits per heavy atom. The lowest BCUT2D eigenvalue weighted by Crippen LogP contribution is -2.42. The van der Waals surface area contributed by atoms with Crippen molar-refractivity contribution < 1.29 is 23.6 Å². The maximum absolute atomic E-state index is 12.7. The molecule has 2 atom stereocenters. The molecule has 0 aliphatic rings. The molecule has 0 fully saturated rings. The van der Waals surface area contributed by atoms with E-state index in [9.17, 15) is 18.8 Å². The Hall–Kier alpha value is -2.88. The van der Waals surface area contributed by atoms with Gasteiger partial charge in [-0.1, -0.05) is 32.9 Å². The largest absolute Gasteiger partial charge is 0.400 e. The maximum atomic E-state index is 12.7. The average molecular weight is 457 g/mol. The predicted molar refractivity (Wildman–Crippen MR) is 121 cm³/mol. The van der Waals surface area contributed by atoms with Crippen molar-refractivity contribution in [2.75, 3.05) is 13.8 Å². The highest BCUT2D eigenvalue weighted by Gasteiger charge is 2.23. The van der Waals surface area contributed by atoms with Gasteiger partial charge in [0.15, 0.2) is 5.78 Å². The van der Waals surface area contributed by atoms with Gasteiger partial charge in [0.05, 0.1) is 24.2 Å². The number of aryl methyl sites for hydroxylation is 2. The number of hydrogen-bond donors (Lipinski definition) is 2. The van der Waals surface area contributed by atoms with Gasteiger partial charge < -0.3 is 14.9 Å². The van der Waals surface area contributed by atoms with Crippen LogP contribution in [0.5, 0.6) is 0 Å². The SMILES string of the molecule is CC.CC.CO.Cc1noc(C)c1Cn1nccc(C(C)C(=O)NC(C)C(=O)CF)c1=O. The number of aromatic nitrogens is 3. The molecule has 182 valence electrons. The summed E-state index contributed by atoms with van der Waals surface area (Å²) in [5.41, 5.74) is 1.20. The molecule has 32 heavy (non-hydrogen) atoms. The zero-order valence-corrected chi connectivity index (χ0v) is 20.5. The van der Waals surface area contributed by atoms with Crippen LogP contribution in [0.3, 0.4) is 0 Å². The zero-order chi connectivity index (χ0) is 25.4. The van der Waals surface area contributed by atoms with Crippen LogP contribution >= 0.6 is 0 Å². The van der Waals surface area contributed by atoms with Crippen molar-refractivity contribution in [2.45, 2.75) is 73.9 Å². The molecule has 0 radical (unpaired) electrons. The summed E-state index contributed by atoms with van der Waals surface area (Å²) in [6.45, 7) is 13.5. The van der Waals surface area contributed by atoms with Gasteiger partial charge in [0.1, 0.15) is 12.4 Å². The number of halogens is 1. The van der Waals surface area contributed by atoms with Gasteiger partial charge in [0.2, 0.25) is 5.91 Å². The van der Waals surface area contributed by atoms with Gasteiger partial charge in [-0.05, 0) is 33.8 Å². The van der Waals surface area contributed by atoms with Crippen LogP contribution in [0.15, 0.2) is 21.6 Å². The molecule has 1 amide bonds. The van der Waals surface area contributed by atoms with Crippen molar-refractivity contribution in [1.82, 2.24) is 20.3 Å². The van der Waals surface area contributed by atoms with E-state index in [1.54, 1.807) is 20.8 Å². The molecule has 9 nitrogen and oxygen atoms in total. The first-order valence-corrected chi connectivity index (χ1v) is 10.6. The van der Waals surface area contributed by atoms with Crippen LogP contribution < -0.4 is 10.9 Å². The second-order valence-electron chi connectivity index (χ2n) is 6.10. The number of nitrogens with one attached hydrogen (secondary N) is 1. The van der Waals surface area contributed by atoms with E-state index in [2.05, 4.69) is 15.6 Å². The van der Waals surface area contributed by atoms with Gasteiger partial charge in [0.25, 0.3) is 5.56 Å². The number of amides is 1. The van der Waals surface area contributed by atoms with Gasteiger partial charge >= 0.3 is 0 Å². The van der Waals surface area contributed by atoms with Gasteiger partial charge in [0, 0.05) is 24.4 Å². The summed E-state index contributed by atoms with van der Waals surface area (Å²) >= 11 is 0. The smallest absolute Gasteiger partial charge is 0.271 e. The lowest BCUT2D eigenvalue weighted by Gasteiger charge is -2.16. The lowest BCUT2D eigenvalue weighted by atomic mass is 10.0. The van der Waals surface area contributed by atoms with Crippen LogP contribution in [0.25, 0.3) is 0 Å². The number of rotatable bonds is 7. The molecule has 0 saturated heterocycles. The molecule has 2 rings (SSSR count). The number of ketones is 1. The molecule has 2 N–H and O–H groups in total. The molecule has 2 aromatic heterocycles. The molecule has 2 aromatic rings. The number of aliphatic hydroxyl groups is 1. The third kappa shape index (κ3) is 8.70. The van der Waals surface area contributed by atoms with Gasteiger partial charge in [-0.25, -0.2) is 9.07 Å². The molecule has 0 aromatic carbocycles. The Morgan fingerprint density at radius 3 is 2.22 bits per heavy atom. The molecule has 0 spiro atoms. The van der Waals surface area contributed by atoms with Gasteiger partial charge in [-0.15, -0.1) is 0 Å². The Kier molecular flexibility index (Phi) is 16.4. The fourth-order valence-electron chi connectivity index (χ4n) is 2.46. The van der Waals surface area contributed by atoms with E-state index in [0.717, 1.165) is 12.7 Å². The van der Waals surface area contributed by atoms with Crippen molar-refractivity contribution in [2.24, 2.45) is 0 Å². The van der Waals surface area contributed by atoms with E-state index < -0.39 is 35.9 Å². The van der Waals surface area contributed by atoms with E-state index in [1.165, 1.54) is 23.9 Å².